The van der Waals surface area contributed by atoms with Crippen LogP contribution >= 0.6 is 0 Å². The van der Waals surface area contributed by atoms with Gasteiger partial charge < -0.3 is 19.7 Å². The van der Waals surface area contributed by atoms with E-state index in [2.05, 4.69) is 19.7 Å². The molecule has 0 spiro atoms. The molecule has 32 heavy (non-hydrogen) atoms. The number of rotatable bonds is 8. The highest BCUT2D eigenvalue weighted by Gasteiger charge is 2.31. The van der Waals surface area contributed by atoms with Crippen molar-refractivity contribution in [2.75, 3.05) is 43.1 Å². The van der Waals surface area contributed by atoms with Gasteiger partial charge in [0.05, 0.1) is 29.5 Å². The molecule has 0 unspecified atom stereocenters. The van der Waals surface area contributed by atoms with Crippen molar-refractivity contribution in [1.82, 2.24) is 4.72 Å². The van der Waals surface area contributed by atoms with Gasteiger partial charge in [-0.05, 0) is 36.4 Å². The first-order valence-electron chi connectivity index (χ1n) is 9.71. The van der Waals surface area contributed by atoms with Crippen molar-refractivity contribution in [3.8, 4) is 5.75 Å². The number of nitrogens with one attached hydrogen (secondary N) is 2. The normalized spacial score (nSPS) is 14.8. The van der Waals surface area contributed by atoms with Crippen molar-refractivity contribution in [3.63, 3.8) is 0 Å². The number of amides is 1. The van der Waals surface area contributed by atoms with Gasteiger partial charge in [0.1, 0.15) is 5.75 Å². The van der Waals surface area contributed by atoms with Gasteiger partial charge in [-0.25, -0.2) is 13.1 Å². The molecule has 8 nitrogen and oxygen atoms in total. The second-order valence-corrected chi connectivity index (χ2v) is 8.60. The standard InChI is InChI=1S/C20H22F3N3O5S/c21-20(22,23)31-15-5-7-16(8-6-15)32(28,29)24-10-9-19(27)25-17-3-1-2-4-18(17)26-11-13-30-14-12-26/h1-8,24H,9-14H2,(H,25,27). The Labute approximate surface area is 183 Å². The second-order valence-electron chi connectivity index (χ2n) is 6.83. The van der Waals surface area contributed by atoms with Gasteiger partial charge in [-0.1, -0.05) is 12.1 Å². The Kier molecular flexibility index (Phi) is 7.59. The highest BCUT2D eigenvalue weighted by atomic mass is 32.2. The SMILES string of the molecule is O=C(CCNS(=O)(=O)c1ccc(OC(F)(F)F)cc1)Nc1ccccc1N1CCOCC1. The van der Waals surface area contributed by atoms with Gasteiger partial charge in [-0.15, -0.1) is 13.2 Å². The van der Waals surface area contributed by atoms with Gasteiger partial charge in [-0.2, -0.15) is 0 Å². The molecule has 3 rings (SSSR count). The summed E-state index contributed by atoms with van der Waals surface area (Å²) in [4.78, 5) is 14.2. The van der Waals surface area contributed by atoms with Gasteiger partial charge in [0, 0.05) is 26.1 Å². The lowest BCUT2D eigenvalue weighted by molar-refractivity contribution is -0.274. The van der Waals surface area contributed by atoms with Gasteiger partial charge in [-0.3, -0.25) is 4.79 Å². The predicted molar refractivity (Wildman–Crippen MR) is 111 cm³/mol. The molecule has 1 heterocycles. The topological polar surface area (TPSA) is 97.0 Å². The molecule has 174 valence electrons. The van der Waals surface area contributed by atoms with Crippen molar-refractivity contribution in [1.29, 1.82) is 0 Å². The van der Waals surface area contributed by atoms with Crippen LogP contribution in [-0.2, 0) is 19.6 Å². The summed E-state index contributed by atoms with van der Waals surface area (Å²) < 4.78 is 72.5. The maximum atomic E-state index is 12.3. The van der Waals surface area contributed by atoms with Crippen LogP contribution in [0.4, 0.5) is 24.5 Å². The van der Waals surface area contributed by atoms with Crippen molar-refractivity contribution < 1.29 is 35.9 Å². The van der Waals surface area contributed by atoms with E-state index < -0.39 is 22.1 Å². The number of anilines is 2. The van der Waals surface area contributed by atoms with E-state index >= 15 is 0 Å². The number of alkyl halides is 3. The second kappa shape index (κ2) is 10.2. The summed E-state index contributed by atoms with van der Waals surface area (Å²) in [5.41, 5.74) is 1.47. The summed E-state index contributed by atoms with van der Waals surface area (Å²) in [6, 6.07) is 11.1. The molecule has 1 aliphatic rings. The zero-order valence-electron chi connectivity index (χ0n) is 16.9. The number of sulfonamides is 1. The lowest BCUT2D eigenvalue weighted by Gasteiger charge is -2.30. The third kappa shape index (κ3) is 6.84. The molecule has 12 heteroatoms. The van der Waals surface area contributed by atoms with E-state index in [0.29, 0.717) is 32.0 Å². The summed E-state index contributed by atoms with van der Waals surface area (Å²) in [6.45, 7) is 2.38. The molecule has 1 saturated heterocycles. The minimum absolute atomic E-state index is 0.133. The molecule has 0 atom stereocenters. The third-order valence-electron chi connectivity index (χ3n) is 4.54. The smallest absolute Gasteiger partial charge is 0.406 e. The number of carbonyl (C=O) groups excluding carboxylic acids is 1. The quantitative estimate of drug-likeness (QED) is 0.612. The van der Waals surface area contributed by atoms with E-state index in [9.17, 15) is 26.4 Å². The summed E-state index contributed by atoms with van der Waals surface area (Å²) >= 11 is 0. The Balaban J connectivity index is 1.53. The van der Waals surface area contributed by atoms with Gasteiger partial charge in [0.2, 0.25) is 15.9 Å². The van der Waals surface area contributed by atoms with Crippen molar-refractivity contribution in [2.24, 2.45) is 0 Å². The molecular weight excluding hydrogens is 451 g/mol. The number of carbonyl (C=O) groups is 1. The van der Waals surface area contributed by atoms with Crippen molar-refractivity contribution in [3.05, 3.63) is 48.5 Å². The number of hydrogen-bond donors (Lipinski definition) is 2. The maximum Gasteiger partial charge on any atom is 0.573 e. The molecule has 2 aromatic rings. The molecule has 1 aliphatic heterocycles. The van der Waals surface area contributed by atoms with E-state index in [1.807, 2.05) is 12.1 Å². The van der Waals surface area contributed by atoms with Crippen LogP contribution in [0, 0.1) is 0 Å². The first-order chi connectivity index (χ1) is 15.1. The molecule has 0 bridgehead atoms. The average Bonchev–Trinajstić information content (AvgIpc) is 2.74. The van der Waals surface area contributed by atoms with E-state index in [-0.39, 0.29) is 23.8 Å². The Morgan fingerprint density at radius 2 is 1.72 bits per heavy atom. The van der Waals surface area contributed by atoms with Crippen LogP contribution in [0.15, 0.2) is 53.4 Å². The fraction of sp³-hybridized carbons (Fsp3) is 0.350. The zero-order valence-corrected chi connectivity index (χ0v) is 17.7. The lowest BCUT2D eigenvalue weighted by Crippen LogP contribution is -2.36. The highest BCUT2D eigenvalue weighted by molar-refractivity contribution is 7.89. The average molecular weight is 473 g/mol. The minimum Gasteiger partial charge on any atom is -0.406 e. The molecule has 1 fully saturated rings. The molecule has 1 amide bonds. The Hall–Kier alpha value is -2.83. The van der Waals surface area contributed by atoms with Gasteiger partial charge in [0.15, 0.2) is 0 Å². The Morgan fingerprint density at radius 1 is 1.06 bits per heavy atom. The lowest BCUT2D eigenvalue weighted by atomic mass is 10.2. The number of hydrogen-bond acceptors (Lipinski definition) is 6. The number of benzene rings is 2. The number of morpholine rings is 1. The predicted octanol–water partition coefficient (Wildman–Crippen LogP) is 2.73. The zero-order chi connectivity index (χ0) is 23.2. The number of nitrogens with zero attached hydrogens (tertiary/aromatic N) is 1. The summed E-state index contributed by atoms with van der Waals surface area (Å²) in [5.74, 6) is -0.919. The molecule has 0 aromatic heterocycles. The minimum atomic E-state index is -4.87. The fourth-order valence-corrected chi connectivity index (χ4v) is 4.11. The Morgan fingerprint density at radius 3 is 2.38 bits per heavy atom. The molecule has 0 radical (unpaired) electrons. The summed E-state index contributed by atoms with van der Waals surface area (Å²) in [6.07, 6.45) is -5.00. The van der Waals surface area contributed by atoms with E-state index in [1.165, 1.54) is 0 Å². The maximum absolute atomic E-state index is 12.3. The summed E-state index contributed by atoms with van der Waals surface area (Å²) in [7, 11) is -4.00. The van der Waals surface area contributed by atoms with Gasteiger partial charge >= 0.3 is 6.36 Å². The summed E-state index contributed by atoms with van der Waals surface area (Å²) in [5, 5.41) is 2.78. The highest BCUT2D eigenvalue weighted by Crippen LogP contribution is 2.26. The van der Waals surface area contributed by atoms with Crippen LogP contribution in [0.5, 0.6) is 5.75 Å². The van der Waals surface area contributed by atoms with E-state index in [4.69, 9.17) is 4.74 Å². The van der Waals surface area contributed by atoms with Crippen molar-refractivity contribution in [2.45, 2.75) is 17.7 Å². The van der Waals surface area contributed by atoms with Crippen LogP contribution in [0.2, 0.25) is 0 Å². The van der Waals surface area contributed by atoms with Crippen LogP contribution in [-0.4, -0.2) is 53.5 Å². The largest absolute Gasteiger partial charge is 0.573 e. The molecule has 2 N–H and O–H groups in total. The monoisotopic (exact) mass is 473 g/mol. The Bertz CT molecular complexity index is 1020. The number of halogens is 3. The first kappa shape index (κ1) is 23.8. The van der Waals surface area contributed by atoms with E-state index in [1.54, 1.807) is 12.1 Å². The number of ether oxygens (including phenoxy) is 2. The van der Waals surface area contributed by atoms with Crippen LogP contribution < -0.4 is 19.7 Å². The van der Waals surface area contributed by atoms with Crippen LogP contribution in [0.1, 0.15) is 6.42 Å². The van der Waals surface area contributed by atoms with Crippen LogP contribution in [0.25, 0.3) is 0 Å². The molecule has 2 aromatic carbocycles. The molecule has 0 aliphatic carbocycles. The molecular formula is C20H22F3N3O5S. The third-order valence-corrected chi connectivity index (χ3v) is 6.02. The molecule has 0 saturated carbocycles. The van der Waals surface area contributed by atoms with Gasteiger partial charge in [0.25, 0.3) is 0 Å². The fourth-order valence-electron chi connectivity index (χ4n) is 3.07. The van der Waals surface area contributed by atoms with E-state index in [0.717, 1.165) is 30.0 Å². The van der Waals surface area contributed by atoms with Crippen molar-refractivity contribution >= 4 is 27.3 Å². The van der Waals surface area contributed by atoms with Crippen LogP contribution in [0.3, 0.4) is 0 Å². The first-order valence-corrected chi connectivity index (χ1v) is 11.2. The number of para-hydroxylation sites is 2.